The molecule has 5 heteroatoms. The summed E-state index contributed by atoms with van der Waals surface area (Å²) in [6.45, 7) is 2.25. The first-order valence-electron chi connectivity index (χ1n) is 6.09. The average Bonchev–Trinajstić information content (AvgIpc) is 2.39. The van der Waals surface area contributed by atoms with Gasteiger partial charge >= 0.3 is 0 Å². The Morgan fingerprint density at radius 2 is 1.85 bits per heavy atom. The Morgan fingerprint density at radius 1 is 1.10 bits per heavy atom. The molecule has 0 amide bonds. The molecule has 2 aromatic carbocycles. The molecule has 0 saturated carbocycles. The van der Waals surface area contributed by atoms with E-state index in [1.54, 1.807) is 0 Å². The molecule has 1 unspecified atom stereocenters. The zero-order chi connectivity index (χ0) is 14.7. The Labute approximate surface area is 133 Å². The Hall–Kier alpha value is -0.780. The van der Waals surface area contributed by atoms with Gasteiger partial charge in [0.2, 0.25) is 0 Å². The highest BCUT2D eigenvalue weighted by atomic mass is 79.9. The number of halogens is 4. The summed E-state index contributed by atoms with van der Waals surface area (Å²) in [7, 11) is 0. The Balaban J connectivity index is 2.08. The smallest absolute Gasteiger partial charge is 0.127 e. The Kier molecular flexibility index (Phi) is 5.29. The van der Waals surface area contributed by atoms with Gasteiger partial charge in [-0.05, 0) is 42.8 Å². The quantitative estimate of drug-likeness (QED) is 0.725. The van der Waals surface area contributed by atoms with Crippen molar-refractivity contribution in [3.05, 3.63) is 68.1 Å². The van der Waals surface area contributed by atoms with Crippen molar-refractivity contribution in [3.8, 4) is 0 Å². The van der Waals surface area contributed by atoms with Gasteiger partial charge in [0, 0.05) is 27.1 Å². The van der Waals surface area contributed by atoms with Gasteiger partial charge in [-0.2, -0.15) is 0 Å². The minimum Gasteiger partial charge on any atom is -0.306 e. The Morgan fingerprint density at radius 3 is 2.55 bits per heavy atom. The predicted molar refractivity (Wildman–Crippen MR) is 83.5 cm³/mol. The van der Waals surface area contributed by atoms with Crippen LogP contribution >= 0.6 is 31.9 Å². The van der Waals surface area contributed by atoms with E-state index in [2.05, 4.69) is 37.2 Å². The van der Waals surface area contributed by atoms with E-state index in [0.717, 1.165) is 26.6 Å². The van der Waals surface area contributed by atoms with Gasteiger partial charge in [-0.3, -0.25) is 0 Å². The van der Waals surface area contributed by atoms with Crippen LogP contribution in [0.3, 0.4) is 0 Å². The fraction of sp³-hybridized carbons (Fsp3) is 0.200. The van der Waals surface area contributed by atoms with Crippen molar-refractivity contribution >= 4 is 31.9 Å². The van der Waals surface area contributed by atoms with Gasteiger partial charge < -0.3 is 5.32 Å². The van der Waals surface area contributed by atoms with Gasteiger partial charge in [-0.15, -0.1) is 0 Å². The summed E-state index contributed by atoms with van der Waals surface area (Å²) in [5, 5.41) is 3.19. The summed E-state index contributed by atoms with van der Waals surface area (Å²) < 4.78 is 28.6. The van der Waals surface area contributed by atoms with Crippen molar-refractivity contribution in [2.45, 2.75) is 19.5 Å². The predicted octanol–water partition coefficient (Wildman–Crippen LogP) is 5.34. The summed E-state index contributed by atoms with van der Waals surface area (Å²) in [5.74, 6) is -0.832. The molecule has 1 N–H and O–H groups in total. The molecule has 0 spiro atoms. The molecule has 0 aliphatic rings. The van der Waals surface area contributed by atoms with Gasteiger partial charge in [-0.1, -0.05) is 37.9 Å². The zero-order valence-corrected chi connectivity index (χ0v) is 13.9. The second kappa shape index (κ2) is 6.78. The molecule has 2 aromatic rings. The molecule has 1 nitrogen and oxygen atoms in total. The maximum Gasteiger partial charge on any atom is 0.127 e. The lowest BCUT2D eigenvalue weighted by Crippen LogP contribution is -2.19. The van der Waals surface area contributed by atoms with E-state index in [4.69, 9.17) is 0 Å². The topological polar surface area (TPSA) is 12.0 Å². The molecule has 0 radical (unpaired) electrons. The third-order valence-corrected chi connectivity index (χ3v) is 4.22. The van der Waals surface area contributed by atoms with Gasteiger partial charge in [0.05, 0.1) is 0 Å². The lowest BCUT2D eigenvalue weighted by atomic mass is 10.1. The first-order valence-corrected chi connectivity index (χ1v) is 7.68. The number of hydrogen-bond acceptors (Lipinski definition) is 1. The number of rotatable bonds is 4. The van der Waals surface area contributed by atoms with E-state index in [-0.39, 0.29) is 12.6 Å². The van der Waals surface area contributed by atoms with E-state index >= 15 is 0 Å². The van der Waals surface area contributed by atoms with Gasteiger partial charge in [0.15, 0.2) is 0 Å². The summed E-state index contributed by atoms with van der Waals surface area (Å²) in [4.78, 5) is 0. The van der Waals surface area contributed by atoms with Crippen LogP contribution in [0, 0.1) is 11.6 Å². The molecule has 0 bridgehead atoms. The molecule has 1 atom stereocenters. The van der Waals surface area contributed by atoms with Gasteiger partial charge in [0.25, 0.3) is 0 Å². The van der Waals surface area contributed by atoms with E-state index < -0.39 is 11.6 Å². The van der Waals surface area contributed by atoms with Crippen LogP contribution in [-0.4, -0.2) is 0 Å². The highest BCUT2D eigenvalue weighted by Crippen LogP contribution is 2.27. The normalized spacial score (nSPS) is 12.4. The monoisotopic (exact) mass is 403 g/mol. The van der Waals surface area contributed by atoms with E-state index in [1.165, 1.54) is 6.07 Å². The van der Waals surface area contributed by atoms with Crippen molar-refractivity contribution in [1.29, 1.82) is 0 Å². The largest absolute Gasteiger partial charge is 0.306 e. The van der Waals surface area contributed by atoms with Crippen molar-refractivity contribution in [2.75, 3.05) is 0 Å². The van der Waals surface area contributed by atoms with Crippen LogP contribution in [0.25, 0.3) is 0 Å². The fourth-order valence-corrected chi connectivity index (χ4v) is 3.29. The number of nitrogens with one attached hydrogen (secondary N) is 1. The Bertz CT molecular complexity index is 617. The molecule has 0 aliphatic heterocycles. The maximum absolute atomic E-state index is 13.5. The minimum absolute atomic E-state index is 0.0140. The van der Waals surface area contributed by atoms with Crippen LogP contribution in [0.2, 0.25) is 0 Å². The standard InChI is InChI=1S/C15H13Br2F2N/c1-9(13-4-2-11(16)7-14(13)17)20-8-10-6-12(18)3-5-15(10)19/h2-7,9,20H,8H2,1H3. The summed E-state index contributed by atoms with van der Waals surface area (Å²) in [6, 6.07) is 9.37. The van der Waals surface area contributed by atoms with Crippen LogP contribution < -0.4 is 5.32 Å². The second-order valence-corrected chi connectivity index (χ2v) is 6.27. The fourth-order valence-electron chi connectivity index (χ4n) is 1.90. The van der Waals surface area contributed by atoms with E-state index in [9.17, 15) is 8.78 Å². The number of benzene rings is 2. The SMILES string of the molecule is CC(NCc1cc(F)ccc1F)c1ccc(Br)cc1Br. The van der Waals surface area contributed by atoms with Crippen LogP contribution in [0.4, 0.5) is 8.78 Å². The molecular formula is C15H13Br2F2N. The van der Waals surface area contributed by atoms with E-state index in [1.807, 2.05) is 25.1 Å². The average molecular weight is 405 g/mol. The van der Waals surface area contributed by atoms with Crippen LogP contribution in [0.1, 0.15) is 24.1 Å². The summed E-state index contributed by atoms with van der Waals surface area (Å²) >= 11 is 6.89. The van der Waals surface area contributed by atoms with E-state index in [0.29, 0.717) is 5.56 Å². The lowest BCUT2D eigenvalue weighted by Gasteiger charge is -2.16. The molecule has 0 fully saturated rings. The molecule has 106 valence electrons. The maximum atomic E-state index is 13.5. The highest BCUT2D eigenvalue weighted by molar-refractivity contribution is 9.11. The molecular weight excluding hydrogens is 392 g/mol. The van der Waals surface area contributed by atoms with Crippen molar-refractivity contribution in [1.82, 2.24) is 5.32 Å². The summed E-state index contributed by atoms with van der Waals surface area (Å²) in [6.07, 6.45) is 0. The van der Waals surface area contributed by atoms with Gasteiger partial charge in [0.1, 0.15) is 11.6 Å². The first kappa shape index (κ1) is 15.6. The molecule has 20 heavy (non-hydrogen) atoms. The molecule has 2 rings (SSSR count). The minimum atomic E-state index is -0.430. The molecule has 0 aromatic heterocycles. The molecule has 0 saturated heterocycles. The number of hydrogen-bond donors (Lipinski definition) is 1. The highest BCUT2D eigenvalue weighted by Gasteiger charge is 2.11. The van der Waals surface area contributed by atoms with Crippen LogP contribution in [0.15, 0.2) is 45.3 Å². The molecule has 0 aliphatic carbocycles. The lowest BCUT2D eigenvalue weighted by molar-refractivity contribution is 0.534. The summed E-state index contributed by atoms with van der Waals surface area (Å²) in [5.41, 5.74) is 1.38. The third-order valence-electron chi connectivity index (χ3n) is 3.04. The first-order chi connectivity index (χ1) is 9.47. The van der Waals surface area contributed by atoms with Crippen LogP contribution in [-0.2, 0) is 6.54 Å². The zero-order valence-electron chi connectivity index (χ0n) is 10.8. The molecule has 0 heterocycles. The third kappa shape index (κ3) is 3.87. The van der Waals surface area contributed by atoms with Crippen molar-refractivity contribution < 1.29 is 8.78 Å². The van der Waals surface area contributed by atoms with Crippen molar-refractivity contribution in [3.63, 3.8) is 0 Å². The second-order valence-electron chi connectivity index (χ2n) is 4.50. The van der Waals surface area contributed by atoms with Gasteiger partial charge in [-0.25, -0.2) is 8.78 Å². The van der Waals surface area contributed by atoms with Crippen LogP contribution in [0.5, 0.6) is 0 Å². The van der Waals surface area contributed by atoms with Crippen molar-refractivity contribution in [2.24, 2.45) is 0 Å².